The molecule has 0 spiro atoms. The molecule has 1 saturated heterocycles. The smallest absolute Gasteiger partial charge is 0.257 e. The van der Waals surface area contributed by atoms with Crippen molar-refractivity contribution in [2.24, 2.45) is 5.92 Å². The standard InChI is InChI=1S/C12H17NO2/c1-2-10-4-3-6-13(8-10)12(14)11-5-7-15-9-11/h5,7,9-10H,2-4,6,8H2,1H3/t10-/m0/s1. The van der Waals surface area contributed by atoms with Crippen molar-refractivity contribution in [2.45, 2.75) is 26.2 Å². The second-order valence-corrected chi connectivity index (χ2v) is 4.18. The fourth-order valence-electron chi connectivity index (χ4n) is 2.15. The van der Waals surface area contributed by atoms with E-state index in [-0.39, 0.29) is 5.91 Å². The van der Waals surface area contributed by atoms with Crippen LogP contribution in [0, 0.1) is 5.92 Å². The lowest BCUT2D eigenvalue weighted by atomic mass is 9.95. The number of carbonyl (C=O) groups excluding carboxylic acids is 1. The van der Waals surface area contributed by atoms with Gasteiger partial charge in [0.05, 0.1) is 11.8 Å². The maximum atomic E-state index is 12.0. The quantitative estimate of drug-likeness (QED) is 0.746. The summed E-state index contributed by atoms with van der Waals surface area (Å²) in [4.78, 5) is 13.9. The van der Waals surface area contributed by atoms with Crippen molar-refractivity contribution in [1.29, 1.82) is 0 Å². The van der Waals surface area contributed by atoms with Gasteiger partial charge < -0.3 is 9.32 Å². The Kier molecular flexibility index (Phi) is 3.09. The lowest BCUT2D eigenvalue weighted by Gasteiger charge is -2.32. The zero-order chi connectivity index (χ0) is 10.7. The molecule has 3 heteroatoms. The summed E-state index contributed by atoms with van der Waals surface area (Å²) < 4.78 is 4.93. The fourth-order valence-corrected chi connectivity index (χ4v) is 2.15. The van der Waals surface area contributed by atoms with E-state index in [1.807, 2.05) is 4.90 Å². The van der Waals surface area contributed by atoms with E-state index in [9.17, 15) is 4.79 Å². The molecule has 1 aliphatic rings. The van der Waals surface area contributed by atoms with Crippen molar-refractivity contribution in [3.8, 4) is 0 Å². The van der Waals surface area contributed by atoms with Crippen LogP contribution in [-0.2, 0) is 0 Å². The highest BCUT2D eigenvalue weighted by Crippen LogP contribution is 2.20. The Bertz CT molecular complexity index is 318. The highest BCUT2D eigenvalue weighted by Gasteiger charge is 2.23. The van der Waals surface area contributed by atoms with Gasteiger partial charge in [0.15, 0.2) is 0 Å². The van der Waals surface area contributed by atoms with Crippen LogP contribution in [0.1, 0.15) is 36.5 Å². The number of hydrogen-bond acceptors (Lipinski definition) is 2. The molecule has 1 fully saturated rings. The van der Waals surface area contributed by atoms with Gasteiger partial charge in [-0.1, -0.05) is 13.3 Å². The molecular formula is C12H17NO2. The minimum absolute atomic E-state index is 0.113. The zero-order valence-electron chi connectivity index (χ0n) is 9.11. The Labute approximate surface area is 90.1 Å². The van der Waals surface area contributed by atoms with Crippen molar-refractivity contribution < 1.29 is 9.21 Å². The van der Waals surface area contributed by atoms with E-state index in [2.05, 4.69) is 6.92 Å². The lowest BCUT2D eigenvalue weighted by molar-refractivity contribution is 0.0670. The first kappa shape index (κ1) is 10.3. The van der Waals surface area contributed by atoms with Gasteiger partial charge >= 0.3 is 0 Å². The van der Waals surface area contributed by atoms with Crippen molar-refractivity contribution in [3.63, 3.8) is 0 Å². The number of furan rings is 1. The second-order valence-electron chi connectivity index (χ2n) is 4.18. The Morgan fingerprint density at radius 2 is 2.53 bits per heavy atom. The summed E-state index contributed by atoms with van der Waals surface area (Å²) in [6.45, 7) is 3.98. The van der Waals surface area contributed by atoms with Crippen LogP contribution in [0.4, 0.5) is 0 Å². The first-order chi connectivity index (χ1) is 7.31. The molecular weight excluding hydrogens is 190 g/mol. The molecule has 1 aromatic heterocycles. The fraction of sp³-hybridized carbons (Fsp3) is 0.583. The Morgan fingerprint density at radius 3 is 3.20 bits per heavy atom. The summed E-state index contributed by atoms with van der Waals surface area (Å²) in [5.41, 5.74) is 0.673. The van der Waals surface area contributed by atoms with Gasteiger partial charge in [0, 0.05) is 13.1 Å². The first-order valence-corrected chi connectivity index (χ1v) is 5.62. The molecule has 0 unspecified atom stereocenters. The van der Waals surface area contributed by atoms with Crippen molar-refractivity contribution in [2.75, 3.05) is 13.1 Å². The third kappa shape index (κ3) is 2.22. The molecule has 2 heterocycles. The normalized spacial score (nSPS) is 21.7. The summed E-state index contributed by atoms with van der Waals surface area (Å²) in [6.07, 6.45) is 6.62. The molecule has 15 heavy (non-hydrogen) atoms. The van der Waals surface area contributed by atoms with E-state index in [1.165, 1.54) is 12.7 Å². The number of nitrogens with zero attached hydrogens (tertiary/aromatic N) is 1. The molecule has 1 aromatic rings. The largest absolute Gasteiger partial charge is 0.472 e. The molecule has 0 aliphatic carbocycles. The van der Waals surface area contributed by atoms with Gasteiger partial charge in [-0.05, 0) is 24.8 Å². The number of rotatable bonds is 2. The van der Waals surface area contributed by atoms with Crippen molar-refractivity contribution in [1.82, 2.24) is 4.90 Å². The monoisotopic (exact) mass is 207 g/mol. The summed E-state index contributed by atoms with van der Waals surface area (Å²) >= 11 is 0. The Balaban J connectivity index is 2.01. The third-order valence-electron chi connectivity index (χ3n) is 3.15. The van der Waals surface area contributed by atoms with Crippen LogP contribution in [0.3, 0.4) is 0 Å². The molecule has 0 bridgehead atoms. The van der Waals surface area contributed by atoms with Crippen LogP contribution < -0.4 is 0 Å². The van der Waals surface area contributed by atoms with Crippen molar-refractivity contribution >= 4 is 5.91 Å². The minimum atomic E-state index is 0.113. The van der Waals surface area contributed by atoms with E-state index in [0.717, 1.165) is 25.9 Å². The summed E-state index contributed by atoms with van der Waals surface area (Å²) in [5, 5.41) is 0. The number of amides is 1. The van der Waals surface area contributed by atoms with Gasteiger partial charge in [-0.15, -0.1) is 0 Å². The topological polar surface area (TPSA) is 33.5 Å². The summed E-state index contributed by atoms with van der Waals surface area (Å²) in [5.74, 6) is 0.788. The molecule has 82 valence electrons. The predicted molar refractivity (Wildman–Crippen MR) is 57.6 cm³/mol. The highest BCUT2D eigenvalue weighted by molar-refractivity contribution is 5.93. The average Bonchev–Trinajstić information content (AvgIpc) is 2.81. The van der Waals surface area contributed by atoms with Crippen LogP contribution in [0.25, 0.3) is 0 Å². The maximum Gasteiger partial charge on any atom is 0.257 e. The average molecular weight is 207 g/mol. The van der Waals surface area contributed by atoms with E-state index in [4.69, 9.17) is 4.42 Å². The third-order valence-corrected chi connectivity index (χ3v) is 3.15. The van der Waals surface area contributed by atoms with Gasteiger partial charge in [-0.3, -0.25) is 4.79 Å². The zero-order valence-corrected chi connectivity index (χ0v) is 9.11. The molecule has 2 rings (SSSR count). The number of likely N-dealkylation sites (tertiary alicyclic amines) is 1. The molecule has 0 aromatic carbocycles. The van der Waals surface area contributed by atoms with Crippen LogP contribution >= 0.6 is 0 Å². The molecule has 0 saturated carbocycles. The SMILES string of the molecule is CC[C@H]1CCCN(C(=O)c2ccoc2)C1. The van der Waals surface area contributed by atoms with Crippen LogP contribution in [-0.4, -0.2) is 23.9 Å². The molecule has 0 N–H and O–H groups in total. The number of hydrogen-bond donors (Lipinski definition) is 0. The van der Waals surface area contributed by atoms with Crippen LogP contribution in [0.5, 0.6) is 0 Å². The Morgan fingerprint density at radius 1 is 1.67 bits per heavy atom. The predicted octanol–water partition coefficient (Wildman–Crippen LogP) is 2.54. The van der Waals surface area contributed by atoms with E-state index >= 15 is 0 Å². The van der Waals surface area contributed by atoms with Gasteiger partial charge in [-0.25, -0.2) is 0 Å². The molecule has 1 amide bonds. The van der Waals surface area contributed by atoms with Gasteiger partial charge in [0.25, 0.3) is 5.91 Å². The molecule has 1 atom stereocenters. The highest BCUT2D eigenvalue weighted by atomic mass is 16.3. The number of carbonyl (C=O) groups is 1. The summed E-state index contributed by atoms with van der Waals surface area (Å²) in [7, 11) is 0. The number of piperidine rings is 1. The molecule has 1 aliphatic heterocycles. The van der Waals surface area contributed by atoms with E-state index < -0.39 is 0 Å². The van der Waals surface area contributed by atoms with Gasteiger partial charge in [0.2, 0.25) is 0 Å². The minimum Gasteiger partial charge on any atom is -0.472 e. The van der Waals surface area contributed by atoms with Gasteiger partial charge in [-0.2, -0.15) is 0 Å². The van der Waals surface area contributed by atoms with Crippen LogP contribution in [0.15, 0.2) is 23.0 Å². The molecule has 3 nitrogen and oxygen atoms in total. The van der Waals surface area contributed by atoms with Crippen molar-refractivity contribution in [3.05, 3.63) is 24.2 Å². The molecule has 0 radical (unpaired) electrons. The van der Waals surface area contributed by atoms with E-state index in [0.29, 0.717) is 11.5 Å². The first-order valence-electron chi connectivity index (χ1n) is 5.62. The lowest BCUT2D eigenvalue weighted by Crippen LogP contribution is -2.39. The summed E-state index contributed by atoms with van der Waals surface area (Å²) in [6, 6.07) is 1.73. The van der Waals surface area contributed by atoms with Crippen LogP contribution in [0.2, 0.25) is 0 Å². The second kappa shape index (κ2) is 4.51. The maximum absolute atomic E-state index is 12.0. The Hall–Kier alpha value is -1.25. The van der Waals surface area contributed by atoms with Gasteiger partial charge in [0.1, 0.15) is 6.26 Å². The van der Waals surface area contributed by atoms with E-state index in [1.54, 1.807) is 12.3 Å².